The van der Waals surface area contributed by atoms with Crippen LogP contribution in [0.1, 0.15) is 16.7 Å². The molecule has 0 amide bonds. The van der Waals surface area contributed by atoms with Crippen LogP contribution in [0.5, 0.6) is 0 Å². The Balaban J connectivity index is 1.15. The van der Waals surface area contributed by atoms with Crippen molar-refractivity contribution in [2.45, 2.75) is 0 Å². The largest absolute Gasteiger partial charge is 0.309 e. The van der Waals surface area contributed by atoms with E-state index >= 15 is 0 Å². The molecule has 0 fully saturated rings. The molecule has 0 aliphatic rings. The smallest absolute Gasteiger partial charge is 0.101 e. The normalized spacial score (nSPS) is 11.1. The number of fused-ring (bicyclic) bond motifs is 6. The van der Waals surface area contributed by atoms with E-state index in [-0.39, 0.29) is 0 Å². The molecule has 0 unspecified atom stereocenters. The lowest BCUT2D eigenvalue weighted by molar-refractivity contribution is 1.17. The van der Waals surface area contributed by atoms with Crippen molar-refractivity contribution in [2.24, 2.45) is 0 Å². The van der Waals surface area contributed by atoms with E-state index in [4.69, 9.17) is 0 Å². The van der Waals surface area contributed by atoms with Crippen LogP contribution in [0, 0.1) is 34.0 Å². The van der Waals surface area contributed by atoms with E-state index in [0.29, 0.717) is 16.7 Å². The van der Waals surface area contributed by atoms with Gasteiger partial charge in [-0.2, -0.15) is 15.8 Å². The first kappa shape index (κ1) is 28.8. The van der Waals surface area contributed by atoms with Gasteiger partial charge in [0, 0.05) is 32.8 Å². The third kappa shape index (κ3) is 4.38. The Labute approximate surface area is 287 Å². The monoisotopic (exact) mass is 635 g/mol. The number of hydrogen-bond donors (Lipinski definition) is 0. The first-order valence-electron chi connectivity index (χ1n) is 16.3. The maximum Gasteiger partial charge on any atom is 0.101 e. The topological polar surface area (TPSA) is 81.2 Å². The zero-order valence-corrected chi connectivity index (χ0v) is 26.7. The van der Waals surface area contributed by atoms with Crippen LogP contribution in [0.2, 0.25) is 0 Å². The van der Waals surface area contributed by atoms with Crippen LogP contribution in [-0.4, -0.2) is 9.13 Å². The zero-order chi connectivity index (χ0) is 33.8. The molecule has 0 aliphatic carbocycles. The minimum Gasteiger partial charge on any atom is -0.309 e. The number of benzene rings is 7. The van der Waals surface area contributed by atoms with E-state index in [0.717, 1.165) is 77.2 Å². The highest BCUT2D eigenvalue weighted by atomic mass is 15.0. The summed E-state index contributed by atoms with van der Waals surface area (Å²) in [4.78, 5) is 0. The highest BCUT2D eigenvalue weighted by molar-refractivity contribution is 6.11. The fourth-order valence-corrected chi connectivity index (χ4v) is 7.37. The number of rotatable bonds is 4. The van der Waals surface area contributed by atoms with Gasteiger partial charge in [0.05, 0.1) is 56.6 Å². The van der Waals surface area contributed by atoms with Crippen LogP contribution in [-0.2, 0) is 0 Å². The highest BCUT2D eigenvalue weighted by Gasteiger charge is 2.20. The van der Waals surface area contributed by atoms with Gasteiger partial charge in [-0.3, -0.25) is 0 Å². The van der Waals surface area contributed by atoms with E-state index in [2.05, 4.69) is 112 Å². The first-order valence-corrected chi connectivity index (χ1v) is 16.3. The van der Waals surface area contributed by atoms with Crippen molar-refractivity contribution in [3.63, 3.8) is 0 Å². The van der Waals surface area contributed by atoms with Gasteiger partial charge in [-0.15, -0.1) is 0 Å². The van der Waals surface area contributed by atoms with Gasteiger partial charge >= 0.3 is 0 Å². The number of aromatic nitrogens is 2. The fraction of sp³-hybridized carbons (Fsp3) is 0. The summed E-state index contributed by atoms with van der Waals surface area (Å²) in [7, 11) is 0. The van der Waals surface area contributed by atoms with Gasteiger partial charge in [0.1, 0.15) is 6.07 Å². The Morgan fingerprint density at radius 3 is 1.46 bits per heavy atom. The van der Waals surface area contributed by atoms with E-state index in [1.165, 1.54) is 0 Å². The predicted molar refractivity (Wildman–Crippen MR) is 200 cm³/mol. The van der Waals surface area contributed by atoms with E-state index < -0.39 is 0 Å². The van der Waals surface area contributed by atoms with Gasteiger partial charge in [-0.05, 0) is 77.4 Å². The zero-order valence-electron chi connectivity index (χ0n) is 26.7. The molecular formula is C45H25N5. The minimum absolute atomic E-state index is 0.439. The second kappa shape index (κ2) is 11.4. The summed E-state index contributed by atoms with van der Waals surface area (Å²) < 4.78 is 4.39. The summed E-state index contributed by atoms with van der Waals surface area (Å²) in [6.07, 6.45) is 0. The summed E-state index contributed by atoms with van der Waals surface area (Å²) in [6, 6.07) is 57.9. The molecule has 0 saturated heterocycles. The molecule has 9 aromatic rings. The Kier molecular flexibility index (Phi) is 6.56. The molecule has 0 radical (unpaired) electrons. The number of hydrogen-bond acceptors (Lipinski definition) is 3. The summed E-state index contributed by atoms with van der Waals surface area (Å²) >= 11 is 0. The summed E-state index contributed by atoms with van der Waals surface area (Å²) in [5, 5.41) is 34.2. The van der Waals surface area contributed by atoms with Gasteiger partial charge in [0.15, 0.2) is 0 Å². The Hall–Kier alpha value is -7.39. The standard InChI is InChI=1S/C45H25N5/c46-26-29-13-22-44-40(24-29)38-9-3-4-10-41(38)49(44)35-20-18-32(19-21-35)31-14-16-33(17-15-31)39-25-30(27-47)23-34(28-48)45(39)50-42-11-5-1-7-36(42)37-8-2-6-12-43(37)50/h1-25H. The van der Waals surface area contributed by atoms with Crippen LogP contribution in [0.25, 0.3) is 77.2 Å². The lowest BCUT2D eigenvalue weighted by Gasteiger charge is -2.17. The summed E-state index contributed by atoms with van der Waals surface area (Å²) in [5.74, 6) is 0. The molecular weight excluding hydrogens is 611 g/mol. The average molecular weight is 636 g/mol. The molecule has 7 aromatic carbocycles. The van der Waals surface area contributed by atoms with Crippen molar-refractivity contribution in [3.05, 3.63) is 168 Å². The third-order valence-electron chi connectivity index (χ3n) is 9.62. The molecule has 50 heavy (non-hydrogen) atoms. The average Bonchev–Trinajstić information content (AvgIpc) is 3.70. The molecule has 0 bridgehead atoms. The van der Waals surface area contributed by atoms with E-state index in [1.807, 2.05) is 60.7 Å². The minimum atomic E-state index is 0.439. The maximum absolute atomic E-state index is 10.4. The van der Waals surface area contributed by atoms with Crippen molar-refractivity contribution in [1.29, 1.82) is 15.8 Å². The third-order valence-corrected chi connectivity index (χ3v) is 9.62. The molecule has 0 atom stereocenters. The summed E-state index contributed by atoms with van der Waals surface area (Å²) in [6.45, 7) is 0. The Morgan fingerprint density at radius 2 is 0.880 bits per heavy atom. The summed E-state index contributed by atoms with van der Waals surface area (Å²) in [5.41, 5.74) is 11.3. The molecule has 0 spiro atoms. The maximum atomic E-state index is 10.4. The molecule has 9 rings (SSSR count). The highest BCUT2D eigenvalue weighted by Crippen LogP contribution is 2.39. The molecule has 5 nitrogen and oxygen atoms in total. The van der Waals surface area contributed by atoms with Gasteiger partial charge in [-0.1, -0.05) is 91.0 Å². The SMILES string of the molecule is N#Cc1cc(C#N)c(-n2c3ccccc3c3ccccc32)c(-c2ccc(-c3ccc(-n4c5ccccc5c5cc(C#N)ccc54)cc3)cc2)c1. The number of nitrogens with zero attached hydrogens (tertiary/aromatic N) is 5. The van der Waals surface area contributed by atoms with E-state index in [1.54, 1.807) is 6.07 Å². The van der Waals surface area contributed by atoms with E-state index in [9.17, 15) is 15.8 Å². The Morgan fingerprint density at radius 1 is 0.380 bits per heavy atom. The molecule has 0 saturated carbocycles. The van der Waals surface area contributed by atoms with Crippen molar-refractivity contribution >= 4 is 43.6 Å². The van der Waals surface area contributed by atoms with Gasteiger partial charge in [-0.25, -0.2) is 0 Å². The predicted octanol–water partition coefficient (Wildman–Crippen LogP) is 10.8. The lowest BCUT2D eigenvalue weighted by Crippen LogP contribution is -2.02. The lowest BCUT2D eigenvalue weighted by atomic mass is 9.95. The molecule has 0 N–H and O–H groups in total. The molecule has 2 heterocycles. The van der Waals surface area contributed by atoms with Crippen LogP contribution in [0.15, 0.2) is 152 Å². The van der Waals surface area contributed by atoms with Gasteiger partial charge in [0.25, 0.3) is 0 Å². The van der Waals surface area contributed by atoms with Crippen LogP contribution >= 0.6 is 0 Å². The quantitative estimate of drug-likeness (QED) is 0.193. The van der Waals surface area contributed by atoms with Crippen LogP contribution in [0.4, 0.5) is 0 Å². The molecule has 0 aliphatic heterocycles. The second-order valence-corrected chi connectivity index (χ2v) is 12.3. The van der Waals surface area contributed by atoms with Crippen LogP contribution in [0.3, 0.4) is 0 Å². The van der Waals surface area contributed by atoms with Gasteiger partial charge < -0.3 is 9.13 Å². The Bertz CT molecular complexity index is 2890. The first-order chi connectivity index (χ1) is 24.7. The van der Waals surface area contributed by atoms with Crippen molar-refractivity contribution in [1.82, 2.24) is 9.13 Å². The van der Waals surface area contributed by atoms with Crippen molar-refractivity contribution in [3.8, 4) is 51.8 Å². The van der Waals surface area contributed by atoms with Crippen LogP contribution < -0.4 is 0 Å². The number of nitriles is 3. The van der Waals surface area contributed by atoms with Crippen molar-refractivity contribution in [2.75, 3.05) is 0 Å². The molecule has 2 aromatic heterocycles. The van der Waals surface area contributed by atoms with Gasteiger partial charge in [0.2, 0.25) is 0 Å². The second-order valence-electron chi connectivity index (χ2n) is 12.3. The molecule has 230 valence electrons. The molecule has 5 heteroatoms. The fourth-order valence-electron chi connectivity index (χ4n) is 7.37. The number of para-hydroxylation sites is 3. The van der Waals surface area contributed by atoms with Crippen molar-refractivity contribution < 1.29 is 0 Å².